The number of hydroxylamine groups is 1. The Kier molecular flexibility index (Phi) is 5.56. The Morgan fingerprint density at radius 1 is 1.50 bits per heavy atom. The van der Waals surface area contributed by atoms with E-state index in [2.05, 4.69) is 12.4 Å². The first-order valence-electron chi connectivity index (χ1n) is 5.36. The Morgan fingerprint density at radius 3 is 2.86 bits per heavy atom. The smallest absolute Gasteiger partial charge is 0.327 e. The van der Waals surface area contributed by atoms with Crippen LogP contribution in [0.3, 0.4) is 0 Å². The number of ether oxygens (including phenoxy) is 1. The van der Waals surface area contributed by atoms with Crippen molar-refractivity contribution < 1.29 is 14.4 Å². The van der Waals surface area contributed by atoms with Gasteiger partial charge in [-0.2, -0.15) is 5.48 Å². The number of carbonyl (C=O) groups is 1. The third kappa shape index (κ3) is 4.07. The van der Waals surface area contributed by atoms with E-state index >= 15 is 0 Å². The van der Waals surface area contributed by atoms with Crippen LogP contribution < -0.4 is 5.48 Å². The molecular weight excluding hydrogens is 182 g/mol. The van der Waals surface area contributed by atoms with E-state index in [9.17, 15) is 4.79 Å². The maximum Gasteiger partial charge on any atom is 0.327 e. The lowest BCUT2D eigenvalue weighted by molar-refractivity contribution is -0.159. The molecule has 0 spiro atoms. The van der Waals surface area contributed by atoms with Gasteiger partial charge < -0.3 is 9.57 Å². The van der Waals surface area contributed by atoms with Crippen LogP contribution in [0.4, 0.5) is 0 Å². The number of rotatable bonds is 5. The highest BCUT2D eigenvalue weighted by molar-refractivity contribution is 5.72. The minimum absolute atomic E-state index is 0.0258. The molecule has 0 aromatic carbocycles. The SMILES string of the molecule is CCCCNOC(=O)C1CCOCC1. The van der Waals surface area contributed by atoms with Crippen LogP contribution in [0.25, 0.3) is 0 Å². The Bertz CT molecular complexity index is 167. The normalized spacial score (nSPS) is 18.1. The lowest BCUT2D eigenvalue weighted by Gasteiger charge is -2.20. The molecule has 0 aromatic rings. The average molecular weight is 201 g/mol. The van der Waals surface area contributed by atoms with Crippen LogP contribution in [0.5, 0.6) is 0 Å². The number of carbonyl (C=O) groups excluding carboxylic acids is 1. The summed E-state index contributed by atoms with van der Waals surface area (Å²) in [5.74, 6) is -0.109. The predicted molar refractivity (Wildman–Crippen MR) is 52.5 cm³/mol. The molecular formula is C10H19NO3. The summed E-state index contributed by atoms with van der Waals surface area (Å²) in [6.45, 7) is 4.19. The number of hydrogen-bond donors (Lipinski definition) is 1. The standard InChI is InChI=1S/C10H19NO3/c1-2-3-6-11-14-10(12)9-4-7-13-8-5-9/h9,11H,2-8H2,1H3. The van der Waals surface area contributed by atoms with Crippen molar-refractivity contribution in [2.45, 2.75) is 32.6 Å². The molecule has 1 aliphatic heterocycles. The van der Waals surface area contributed by atoms with E-state index in [1.807, 2.05) is 0 Å². The molecule has 1 aliphatic rings. The second-order valence-electron chi connectivity index (χ2n) is 3.56. The van der Waals surface area contributed by atoms with Gasteiger partial charge in [-0.1, -0.05) is 13.3 Å². The molecule has 0 aromatic heterocycles. The van der Waals surface area contributed by atoms with Crippen LogP contribution in [-0.4, -0.2) is 25.7 Å². The van der Waals surface area contributed by atoms with Crippen molar-refractivity contribution in [1.82, 2.24) is 5.48 Å². The molecule has 1 N–H and O–H groups in total. The van der Waals surface area contributed by atoms with Crippen LogP contribution in [0.1, 0.15) is 32.6 Å². The van der Waals surface area contributed by atoms with Crippen molar-refractivity contribution in [3.8, 4) is 0 Å². The molecule has 0 bridgehead atoms. The van der Waals surface area contributed by atoms with E-state index in [0.29, 0.717) is 13.2 Å². The molecule has 0 aliphatic carbocycles. The summed E-state index contributed by atoms with van der Waals surface area (Å²) in [4.78, 5) is 16.4. The van der Waals surface area contributed by atoms with Gasteiger partial charge in [0.2, 0.25) is 0 Å². The molecule has 4 nitrogen and oxygen atoms in total. The molecule has 1 heterocycles. The van der Waals surface area contributed by atoms with Crippen molar-refractivity contribution in [2.24, 2.45) is 5.92 Å². The Hall–Kier alpha value is -0.610. The minimum atomic E-state index is -0.135. The van der Waals surface area contributed by atoms with Gasteiger partial charge in [0.05, 0.1) is 5.92 Å². The highest BCUT2D eigenvalue weighted by Crippen LogP contribution is 2.15. The molecule has 14 heavy (non-hydrogen) atoms. The molecule has 1 saturated heterocycles. The molecule has 0 amide bonds. The predicted octanol–water partition coefficient (Wildman–Crippen LogP) is 1.26. The van der Waals surface area contributed by atoms with E-state index in [1.54, 1.807) is 0 Å². The Morgan fingerprint density at radius 2 is 2.21 bits per heavy atom. The highest BCUT2D eigenvalue weighted by Gasteiger charge is 2.22. The van der Waals surface area contributed by atoms with Gasteiger partial charge in [0.1, 0.15) is 0 Å². The van der Waals surface area contributed by atoms with Crippen molar-refractivity contribution >= 4 is 5.97 Å². The summed E-state index contributed by atoms with van der Waals surface area (Å²) in [6.07, 6.45) is 3.70. The molecule has 0 unspecified atom stereocenters. The van der Waals surface area contributed by atoms with Crippen LogP contribution in [0.2, 0.25) is 0 Å². The van der Waals surface area contributed by atoms with Crippen molar-refractivity contribution in [1.29, 1.82) is 0 Å². The second kappa shape index (κ2) is 6.79. The highest BCUT2D eigenvalue weighted by atomic mass is 16.7. The first kappa shape index (κ1) is 11.5. The van der Waals surface area contributed by atoms with Crippen LogP contribution in [0, 0.1) is 5.92 Å². The molecule has 82 valence electrons. The lowest BCUT2D eigenvalue weighted by Crippen LogP contribution is -2.30. The third-order valence-corrected chi connectivity index (χ3v) is 2.36. The molecule has 1 rings (SSSR count). The fourth-order valence-corrected chi connectivity index (χ4v) is 1.39. The zero-order valence-electron chi connectivity index (χ0n) is 8.75. The van der Waals surface area contributed by atoms with Gasteiger partial charge in [-0.05, 0) is 19.3 Å². The monoisotopic (exact) mass is 201 g/mol. The Balaban J connectivity index is 2.07. The van der Waals surface area contributed by atoms with Gasteiger partial charge in [0, 0.05) is 19.8 Å². The second-order valence-corrected chi connectivity index (χ2v) is 3.56. The largest absolute Gasteiger partial charge is 0.381 e. The van der Waals surface area contributed by atoms with Gasteiger partial charge >= 0.3 is 5.97 Å². The molecule has 0 saturated carbocycles. The fraction of sp³-hybridized carbons (Fsp3) is 0.900. The van der Waals surface area contributed by atoms with Gasteiger partial charge in [-0.3, -0.25) is 4.79 Å². The zero-order chi connectivity index (χ0) is 10.2. The summed E-state index contributed by atoms with van der Waals surface area (Å²) in [5.41, 5.74) is 2.69. The number of nitrogens with one attached hydrogen (secondary N) is 1. The van der Waals surface area contributed by atoms with Crippen LogP contribution in [-0.2, 0) is 14.4 Å². The van der Waals surface area contributed by atoms with Crippen molar-refractivity contribution in [2.75, 3.05) is 19.8 Å². The first-order valence-corrected chi connectivity index (χ1v) is 5.36. The van der Waals surface area contributed by atoms with E-state index in [-0.39, 0.29) is 11.9 Å². The summed E-state index contributed by atoms with van der Waals surface area (Å²) in [5, 5.41) is 0. The molecule has 4 heteroatoms. The zero-order valence-corrected chi connectivity index (χ0v) is 8.75. The van der Waals surface area contributed by atoms with Gasteiger partial charge in [-0.15, -0.1) is 0 Å². The van der Waals surface area contributed by atoms with Gasteiger partial charge in [0.15, 0.2) is 0 Å². The summed E-state index contributed by atoms with van der Waals surface area (Å²) < 4.78 is 5.16. The number of hydrogen-bond acceptors (Lipinski definition) is 4. The summed E-state index contributed by atoms with van der Waals surface area (Å²) in [6, 6.07) is 0. The summed E-state index contributed by atoms with van der Waals surface area (Å²) >= 11 is 0. The fourth-order valence-electron chi connectivity index (χ4n) is 1.39. The van der Waals surface area contributed by atoms with Crippen LogP contribution >= 0.6 is 0 Å². The first-order chi connectivity index (χ1) is 6.84. The quantitative estimate of drug-likeness (QED) is 0.537. The van der Waals surface area contributed by atoms with E-state index in [1.165, 1.54) is 0 Å². The molecule has 1 fully saturated rings. The maximum atomic E-state index is 11.4. The van der Waals surface area contributed by atoms with Crippen molar-refractivity contribution in [3.63, 3.8) is 0 Å². The molecule has 0 radical (unpaired) electrons. The lowest BCUT2D eigenvalue weighted by atomic mass is 10.0. The minimum Gasteiger partial charge on any atom is -0.381 e. The maximum absolute atomic E-state index is 11.4. The van der Waals surface area contributed by atoms with E-state index in [4.69, 9.17) is 9.57 Å². The van der Waals surface area contributed by atoms with Crippen LogP contribution in [0.15, 0.2) is 0 Å². The van der Waals surface area contributed by atoms with E-state index < -0.39 is 0 Å². The topological polar surface area (TPSA) is 47.6 Å². The third-order valence-electron chi connectivity index (χ3n) is 2.36. The Labute approximate surface area is 84.9 Å². The van der Waals surface area contributed by atoms with Crippen molar-refractivity contribution in [3.05, 3.63) is 0 Å². The summed E-state index contributed by atoms with van der Waals surface area (Å²) in [7, 11) is 0. The van der Waals surface area contributed by atoms with Gasteiger partial charge in [0.25, 0.3) is 0 Å². The van der Waals surface area contributed by atoms with E-state index in [0.717, 1.165) is 32.2 Å². The number of unbranched alkanes of at least 4 members (excludes halogenated alkanes) is 1. The average Bonchev–Trinajstić information content (AvgIpc) is 2.25. The molecule has 0 atom stereocenters. The van der Waals surface area contributed by atoms with Gasteiger partial charge in [-0.25, -0.2) is 0 Å².